The Hall–Kier alpha value is -0.190. The number of hydrogen-bond acceptors (Lipinski definition) is 2. The summed E-state index contributed by atoms with van der Waals surface area (Å²) in [5.41, 5.74) is 0. The number of carboxylic acids is 2. The minimum Gasteiger partial charge on any atom is -0.481 e. The van der Waals surface area contributed by atoms with Gasteiger partial charge in [-0.1, -0.05) is 80.3 Å². The first kappa shape index (κ1) is 21.1. The standard InChI is InChI=1S/C10H20O2.C2HCl3O2/c1-2-3-4-5-6-7-8-9-10(11)12;3-2(4,5)1(6)7/h2-9H2,1H3,(H,11,12);(H,6,7). The van der Waals surface area contributed by atoms with Crippen LogP contribution in [0.5, 0.6) is 0 Å². The highest BCUT2D eigenvalue weighted by Crippen LogP contribution is 2.25. The Labute approximate surface area is 129 Å². The molecule has 0 fully saturated rings. The summed E-state index contributed by atoms with van der Waals surface area (Å²) in [6, 6.07) is 0. The lowest BCUT2D eigenvalue weighted by molar-refractivity contribution is -0.137. The van der Waals surface area contributed by atoms with E-state index in [4.69, 9.17) is 45.0 Å². The van der Waals surface area contributed by atoms with Crippen molar-refractivity contribution in [1.82, 2.24) is 0 Å². The Morgan fingerprint density at radius 2 is 1.26 bits per heavy atom. The Morgan fingerprint density at radius 3 is 1.58 bits per heavy atom. The van der Waals surface area contributed by atoms with Gasteiger partial charge in [-0.25, -0.2) is 4.79 Å². The Kier molecular flexibility index (Phi) is 14.3. The maximum Gasteiger partial charge on any atom is 0.356 e. The zero-order valence-corrected chi connectivity index (χ0v) is 13.3. The van der Waals surface area contributed by atoms with Crippen LogP contribution in [-0.4, -0.2) is 25.9 Å². The molecular formula is C12H21Cl3O4. The molecule has 114 valence electrons. The second-order valence-corrected chi connectivity index (χ2v) is 6.35. The lowest BCUT2D eigenvalue weighted by Gasteiger charge is -1.99. The average Bonchev–Trinajstić information content (AvgIpc) is 2.27. The third-order valence-corrected chi connectivity index (χ3v) is 2.72. The van der Waals surface area contributed by atoms with Crippen LogP contribution in [0, 0.1) is 0 Å². The summed E-state index contributed by atoms with van der Waals surface area (Å²) in [5.74, 6) is -2.12. The molecule has 0 heterocycles. The number of halogens is 3. The summed E-state index contributed by atoms with van der Waals surface area (Å²) in [5, 5.41) is 16.2. The molecule has 19 heavy (non-hydrogen) atoms. The van der Waals surface area contributed by atoms with Gasteiger partial charge in [0.25, 0.3) is 3.79 Å². The van der Waals surface area contributed by atoms with E-state index in [9.17, 15) is 9.59 Å². The van der Waals surface area contributed by atoms with Crippen molar-refractivity contribution in [3.8, 4) is 0 Å². The summed E-state index contributed by atoms with van der Waals surface area (Å²) >= 11 is 14.4. The van der Waals surface area contributed by atoms with Crippen molar-refractivity contribution in [2.24, 2.45) is 0 Å². The molecule has 0 saturated heterocycles. The summed E-state index contributed by atoms with van der Waals surface area (Å²) < 4.78 is -2.17. The molecule has 0 aromatic rings. The number of rotatable bonds is 8. The van der Waals surface area contributed by atoms with Crippen molar-refractivity contribution in [2.75, 3.05) is 0 Å². The summed E-state index contributed by atoms with van der Waals surface area (Å²) in [4.78, 5) is 19.8. The van der Waals surface area contributed by atoms with Gasteiger partial charge in [0.15, 0.2) is 0 Å². The highest BCUT2D eigenvalue weighted by molar-refractivity contribution is 6.75. The fourth-order valence-electron chi connectivity index (χ4n) is 1.23. The SMILES string of the molecule is CCCCCCCCCC(=O)O.O=C(O)C(Cl)(Cl)Cl. The molecule has 0 aromatic carbocycles. The minimum absolute atomic E-state index is 0.341. The van der Waals surface area contributed by atoms with Crippen LogP contribution in [0.2, 0.25) is 0 Å². The highest BCUT2D eigenvalue weighted by Gasteiger charge is 2.29. The van der Waals surface area contributed by atoms with Crippen molar-refractivity contribution in [1.29, 1.82) is 0 Å². The quantitative estimate of drug-likeness (QED) is 0.500. The van der Waals surface area contributed by atoms with Crippen LogP contribution in [0.4, 0.5) is 0 Å². The van der Waals surface area contributed by atoms with Crippen LogP contribution < -0.4 is 0 Å². The van der Waals surface area contributed by atoms with Gasteiger partial charge in [-0.2, -0.15) is 0 Å². The van der Waals surface area contributed by atoms with E-state index in [1.165, 1.54) is 32.1 Å². The predicted octanol–water partition coefficient (Wildman–Crippen LogP) is 4.65. The van der Waals surface area contributed by atoms with Crippen LogP contribution >= 0.6 is 34.8 Å². The smallest absolute Gasteiger partial charge is 0.356 e. The Bertz CT molecular complexity index is 252. The number of unbranched alkanes of at least 4 members (excludes halogenated alkanes) is 6. The lowest BCUT2D eigenvalue weighted by atomic mass is 10.1. The molecule has 2 N–H and O–H groups in total. The van der Waals surface area contributed by atoms with Crippen LogP contribution in [0.15, 0.2) is 0 Å². The van der Waals surface area contributed by atoms with Gasteiger partial charge in [0.1, 0.15) is 0 Å². The molecule has 0 radical (unpaired) electrons. The maximum atomic E-state index is 10.1. The van der Waals surface area contributed by atoms with E-state index in [1.807, 2.05) is 0 Å². The zero-order chi connectivity index (χ0) is 15.3. The maximum absolute atomic E-state index is 10.1. The summed E-state index contributed by atoms with van der Waals surface area (Å²) in [6.07, 6.45) is 8.64. The van der Waals surface area contributed by atoms with Gasteiger partial charge in [0.05, 0.1) is 0 Å². The van der Waals surface area contributed by atoms with Gasteiger partial charge in [-0.05, 0) is 6.42 Å². The molecule has 0 spiro atoms. The molecule has 0 aliphatic rings. The third-order valence-electron chi connectivity index (χ3n) is 2.24. The molecule has 7 heteroatoms. The number of hydrogen-bond donors (Lipinski definition) is 2. The lowest BCUT2D eigenvalue weighted by Crippen LogP contribution is -2.16. The monoisotopic (exact) mass is 334 g/mol. The van der Waals surface area contributed by atoms with Crippen LogP contribution in [-0.2, 0) is 9.59 Å². The van der Waals surface area contributed by atoms with Gasteiger partial charge in [-0.15, -0.1) is 0 Å². The van der Waals surface area contributed by atoms with Crippen molar-refractivity contribution < 1.29 is 19.8 Å². The number of alkyl halides is 3. The summed E-state index contributed by atoms with van der Waals surface area (Å²) in [7, 11) is 0. The molecule has 0 aromatic heterocycles. The van der Waals surface area contributed by atoms with Gasteiger partial charge >= 0.3 is 11.9 Å². The predicted molar refractivity (Wildman–Crippen MR) is 78.2 cm³/mol. The molecule has 0 aliphatic carbocycles. The van der Waals surface area contributed by atoms with Crippen LogP contribution in [0.3, 0.4) is 0 Å². The molecule has 4 nitrogen and oxygen atoms in total. The second kappa shape index (κ2) is 12.8. The normalized spacial score (nSPS) is 10.5. The number of carboxylic acid groups (broad SMARTS) is 2. The van der Waals surface area contributed by atoms with Crippen molar-refractivity contribution in [3.05, 3.63) is 0 Å². The zero-order valence-electron chi connectivity index (χ0n) is 11.0. The molecule has 0 amide bonds. The van der Waals surface area contributed by atoms with Gasteiger partial charge in [0.2, 0.25) is 0 Å². The first-order valence-corrected chi connectivity index (χ1v) is 7.37. The first-order valence-electron chi connectivity index (χ1n) is 6.23. The molecule has 0 bridgehead atoms. The number of carbonyl (C=O) groups is 2. The molecule has 0 rings (SSSR count). The Balaban J connectivity index is 0. The van der Waals surface area contributed by atoms with E-state index in [1.54, 1.807) is 0 Å². The van der Waals surface area contributed by atoms with E-state index in [-0.39, 0.29) is 0 Å². The van der Waals surface area contributed by atoms with Gasteiger partial charge in [-0.3, -0.25) is 4.79 Å². The second-order valence-electron chi connectivity index (χ2n) is 4.07. The van der Waals surface area contributed by atoms with Crippen molar-refractivity contribution >= 4 is 46.7 Å². The highest BCUT2D eigenvalue weighted by atomic mass is 35.6. The van der Waals surface area contributed by atoms with E-state index < -0.39 is 15.7 Å². The minimum atomic E-state index is -2.17. The molecular weight excluding hydrogens is 314 g/mol. The fraction of sp³-hybridized carbons (Fsp3) is 0.833. The fourth-order valence-corrected chi connectivity index (χ4v) is 1.23. The average molecular weight is 336 g/mol. The van der Waals surface area contributed by atoms with E-state index >= 15 is 0 Å². The van der Waals surface area contributed by atoms with Gasteiger partial charge < -0.3 is 10.2 Å². The van der Waals surface area contributed by atoms with Gasteiger partial charge in [0, 0.05) is 6.42 Å². The Morgan fingerprint density at radius 1 is 0.895 bits per heavy atom. The molecule has 0 unspecified atom stereocenters. The van der Waals surface area contributed by atoms with Crippen molar-refractivity contribution in [3.63, 3.8) is 0 Å². The van der Waals surface area contributed by atoms with E-state index in [0.29, 0.717) is 6.42 Å². The third kappa shape index (κ3) is 20.3. The number of aliphatic carboxylic acids is 2. The molecule has 0 atom stereocenters. The molecule has 0 saturated carbocycles. The van der Waals surface area contributed by atoms with Crippen LogP contribution in [0.1, 0.15) is 58.3 Å². The van der Waals surface area contributed by atoms with Crippen LogP contribution in [0.25, 0.3) is 0 Å². The van der Waals surface area contributed by atoms with Crippen molar-refractivity contribution in [2.45, 2.75) is 62.1 Å². The summed E-state index contributed by atoms with van der Waals surface area (Å²) in [6.45, 7) is 2.20. The topological polar surface area (TPSA) is 74.6 Å². The first-order chi connectivity index (χ1) is 8.71. The van der Waals surface area contributed by atoms with E-state index in [2.05, 4.69) is 6.92 Å². The largest absolute Gasteiger partial charge is 0.481 e. The molecule has 0 aliphatic heterocycles. The van der Waals surface area contributed by atoms with E-state index in [0.717, 1.165) is 12.8 Å².